The number of rotatable bonds is 9. The number of H-pyrrole nitrogens is 1. The third-order valence-electron chi connectivity index (χ3n) is 8.93. The van der Waals surface area contributed by atoms with Gasteiger partial charge in [-0.1, -0.05) is 31.2 Å². The second-order valence-corrected chi connectivity index (χ2v) is 12.3. The molecule has 0 spiro atoms. The molecule has 3 aromatic rings. The van der Waals surface area contributed by atoms with Crippen molar-refractivity contribution in [2.24, 2.45) is 0 Å². The molecule has 8 heteroatoms. The number of amides is 1. The van der Waals surface area contributed by atoms with Crippen molar-refractivity contribution in [1.29, 1.82) is 0 Å². The van der Waals surface area contributed by atoms with Crippen molar-refractivity contribution in [3.05, 3.63) is 86.3 Å². The summed E-state index contributed by atoms with van der Waals surface area (Å²) in [5, 5.41) is 16.8. The molecule has 4 N–H and O–H groups in total. The van der Waals surface area contributed by atoms with Gasteiger partial charge in [-0.15, -0.1) is 0 Å². The molecule has 2 aromatic carbocycles. The summed E-state index contributed by atoms with van der Waals surface area (Å²) < 4.78 is 5.90. The number of hydrogen-bond donors (Lipinski definition) is 4. The van der Waals surface area contributed by atoms with Crippen LogP contribution in [0.4, 0.5) is 5.69 Å². The first-order valence-corrected chi connectivity index (χ1v) is 15.7. The number of aliphatic hydroxyl groups excluding tert-OH is 1. The standard InChI is InChI=1S/C35H46N4O4/c1-5-30-18-28(12-14-43-30)38-33-17-27(26-10-8-25(9-11-26)20-39-13-6-7-29(40)21-39)16-31(24(33)4)34(41)36-19-32-22(2)15-23(3)37-35(32)42/h8-11,15-17,28-30,38,40H,5-7,12-14,18-21H2,1-4H3,(H,36,41)(H,37,42)/t28?,29?,30-/m0/s1. The Hall–Kier alpha value is -3.46. The fraction of sp³-hybridized carbons (Fsp3) is 0.486. The number of nitrogens with zero attached hydrogens (tertiary/aromatic N) is 1. The van der Waals surface area contributed by atoms with Crippen LogP contribution in [0.25, 0.3) is 11.1 Å². The van der Waals surface area contributed by atoms with Crippen LogP contribution in [0.1, 0.15) is 77.3 Å². The Morgan fingerprint density at radius 2 is 1.88 bits per heavy atom. The highest BCUT2D eigenvalue weighted by molar-refractivity contribution is 5.98. The van der Waals surface area contributed by atoms with Gasteiger partial charge in [-0.05, 0) is 105 Å². The number of pyridine rings is 1. The third-order valence-corrected chi connectivity index (χ3v) is 8.93. The Morgan fingerprint density at radius 1 is 1.09 bits per heavy atom. The smallest absolute Gasteiger partial charge is 0.253 e. The lowest BCUT2D eigenvalue weighted by Gasteiger charge is -2.31. The highest BCUT2D eigenvalue weighted by Crippen LogP contribution is 2.31. The van der Waals surface area contributed by atoms with E-state index < -0.39 is 0 Å². The number of aliphatic hydroxyl groups is 1. The van der Waals surface area contributed by atoms with Gasteiger partial charge in [0.15, 0.2) is 0 Å². The molecule has 8 nitrogen and oxygen atoms in total. The van der Waals surface area contributed by atoms with Crippen molar-refractivity contribution in [1.82, 2.24) is 15.2 Å². The van der Waals surface area contributed by atoms with Crippen LogP contribution in [-0.4, -0.2) is 58.8 Å². The minimum Gasteiger partial charge on any atom is -0.392 e. The monoisotopic (exact) mass is 586 g/mol. The largest absolute Gasteiger partial charge is 0.392 e. The van der Waals surface area contributed by atoms with Gasteiger partial charge in [0, 0.05) is 54.8 Å². The van der Waals surface area contributed by atoms with Gasteiger partial charge in [-0.3, -0.25) is 14.5 Å². The lowest BCUT2D eigenvalue weighted by Crippen LogP contribution is -2.37. The van der Waals surface area contributed by atoms with E-state index in [-0.39, 0.29) is 36.3 Å². The van der Waals surface area contributed by atoms with E-state index in [1.807, 2.05) is 32.9 Å². The number of aromatic amines is 1. The van der Waals surface area contributed by atoms with E-state index in [2.05, 4.69) is 57.8 Å². The summed E-state index contributed by atoms with van der Waals surface area (Å²) in [6, 6.07) is 14.8. The van der Waals surface area contributed by atoms with Crippen LogP contribution in [-0.2, 0) is 17.8 Å². The molecule has 2 unspecified atom stereocenters. The lowest BCUT2D eigenvalue weighted by molar-refractivity contribution is 0.00924. The quantitative estimate of drug-likeness (QED) is 0.274. The average molecular weight is 587 g/mol. The number of β-amino-alcohol motifs (C(OH)–C–C–N with tert-alkyl or cyclic N) is 1. The summed E-state index contributed by atoms with van der Waals surface area (Å²) >= 11 is 0. The molecule has 0 bridgehead atoms. The third kappa shape index (κ3) is 7.74. The zero-order valence-electron chi connectivity index (χ0n) is 26.0. The Morgan fingerprint density at radius 3 is 2.60 bits per heavy atom. The molecule has 0 saturated carbocycles. The maximum atomic E-state index is 13.7. The van der Waals surface area contributed by atoms with Crippen LogP contribution in [0.3, 0.4) is 0 Å². The molecule has 2 fully saturated rings. The number of carbonyl (C=O) groups excluding carboxylic acids is 1. The maximum Gasteiger partial charge on any atom is 0.253 e. The van der Waals surface area contributed by atoms with Gasteiger partial charge in [-0.2, -0.15) is 0 Å². The zero-order chi connectivity index (χ0) is 30.5. The van der Waals surface area contributed by atoms with Crippen LogP contribution in [0.5, 0.6) is 0 Å². The molecule has 5 rings (SSSR count). The van der Waals surface area contributed by atoms with E-state index in [9.17, 15) is 14.7 Å². The van der Waals surface area contributed by atoms with Crippen LogP contribution in [0.2, 0.25) is 0 Å². The number of anilines is 1. The van der Waals surface area contributed by atoms with Gasteiger partial charge in [0.1, 0.15) is 0 Å². The van der Waals surface area contributed by atoms with Gasteiger partial charge < -0.3 is 25.5 Å². The number of carbonyl (C=O) groups is 1. The first kappa shape index (κ1) is 31.0. The fourth-order valence-corrected chi connectivity index (χ4v) is 6.38. The normalized spacial score (nSPS) is 21.0. The highest BCUT2D eigenvalue weighted by Gasteiger charge is 2.24. The fourth-order valence-electron chi connectivity index (χ4n) is 6.38. The molecule has 230 valence electrons. The predicted molar refractivity (Wildman–Crippen MR) is 172 cm³/mol. The predicted octanol–water partition coefficient (Wildman–Crippen LogP) is 5.22. The minimum atomic E-state index is -0.243. The summed E-state index contributed by atoms with van der Waals surface area (Å²) in [6.45, 7) is 11.3. The van der Waals surface area contributed by atoms with E-state index in [0.29, 0.717) is 17.7 Å². The first-order valence-electron chi connectivity index (χ1n) is 15.7. The van der Waals surface area contributed by atoms with E-state index in [1.54, 1.807) is 0 Å². The number of benzene rings is 2. The maximum absolute atomic E-state index is 13.7. The second kappa shape index (κ2) is 13.9. The number of aromatic nitrogens is 1. The van der Waals surface area contributed by atoms with Crippen molar-refractivity contribution < 1.29 is 14.6 Å². The average Bonchev–Trinajstić information content (AvgIpc) is 2.98. The number of likely N-dealkylation sites (tertiary alicyclic amines) is 1. The van der Waals surface area contributed by atoms with E-state index in [1.165, 1.54) is 5.56 Å². The Balaban J connectivity index is 1.41. The number of piperidine rings is 1. The van der Waals surface area contributed by atoms with Crippen molar-refractivity contribution in [3.8, 4) is 11.1 Å². The molecule has 43 heavy (non-hydrogen) atoms. The number of ether oxygens (including phenoxy) is 1. The SMILES string of the molecule is CC[C@H]1CC(Nc2cc(-c3ccc(CN4CCCC(O)C4)cc3)cc(C(=O)NCc3c(C)cc(C)[nH]c3=O)c2C)CCO1. The Kier molecular flexibility index (Phi) is 10.0. The molecular formula is C35H46N4O4. The van der Waals surface area contributed by atoms with Gasteiger partial charge in [0.25, 0.3) is 11.5 Å². The van der Waals surface area contributed by atoms with Gasteiger partial charge >= 0.3 is 0 Å². The molecule has 1 amide bonds. The molecular weight excluding hydrogens is 540 g/mol. The number of aryl methyl sites for hydroxylation is 2. The first-order chi connectivity index (χ1) is 20.7. The number of nitrogens with one attached hydrogen (secondary N) is 3. The van der Waals surface area contributed by atoms with Crippen molar-refractivity contribution in [3.63, 3.8) is 0 Å². The second-order valence-electron chi connectivity index (χ2n) is 12.3. The summed E-state index contributed by atoms with van der Waals surface area (Å²) in [5.41, 5.74) is 7.67. The van der Waals surface area contributed by atoms with E-state index in [0.717, 1.165) is 85.4 Å². The van der Waals surface area contributed by atoms with Crippen molar-refractivity contribution in [2.75, 3.05) is 25.0 Å². The van der Waals surface area contributed by atoms with Crippen LogP contribution in [0.15, 0.2) is 47.3 Å². The van der Waals surface area contributed by atoms with Crippen LogP contribution < -0.4 is 16.2 Å². The molecule has 2 aliphatic heterocycles. The molecule has 2 aliphatic rings. The highest BCUT2D eigenvalue weighted by atomic mass is 16.5. The van der Waals surface area contributed by atoms with Crippen molar-refractivity contribution >= 4 is 11.6 Å². The topological polar surface area (TPSA) is 107 Å². The molecule has 1 aromatic heterocycles. The van der Waals surface area contributed by atoms with Crippen LogP contribution in [0, 0.1) is 20.8 Å². The molecule has 2 saturated heterocycles. The van der Waals surface area contributed by atoms with Gasteiger partial charge in [0.2, 0.25) is 0 Å². The number of hydrogen-bond acceptors (Lipinski definition) is 6. The molecule has 0 radical (unpaired) electrons. The minimum absolute atomic E-state index is 0.157. The zero-order valence-corrected chi connectivity index (χ0v) is 26.0. The van der Waals surface area contributed by atoms with Crippen molar-refractivity contribution in [2.45, 2.75) is 91.1 Å². The van der Waals surface area contributed by atoms with Gasteiger partial charge in [0.05, 0.1) is 12.2 Å². The Bertz CT molecular complexity index is 1480. The Labute approximate surface area is 254 Å². The molecule has 3 atom stereocenters. The lowest BCUT2D eigenvalue weighted by atomic mass is 9.95. The summed E-state index contributed by atoms with van der Waals surface area (Å²) in [6.07, 6.45) is 4.71. The van der Waals surface area contributed by atoms with E-state index in [4.69, 9.17) is 4.74 Å². The summed E-state index contributed by atoms with van der Waals surface area (Å²) in [5.74, 6) is -0.208. The van der Waals surface area contributed by atoms with Gasteiger partial charge in [-0.25, -0.2) is 0 Å². The summed E-state index contributed by atoms with van der Waals surface area (Å²) in [7, 11) is 0. The van der Waals surface area contributed by atoms with E-state index >= 15 is 0 Å². The summed E-state index contributed by atoms with van der Waals surface area (Å²) in [4.78, 5) is 31.4. The van der Waals surface area contributed by atoms with Crippen LogP contribution >= 0.6 is 0 Å². The molecule has 0 aliphatic carbocycles. The molecule has 3 heterocycles.